The number of halogens is 1. The molecule has 0 bridgehead atoms. The molecule has 0 radical (unpaired) electrons. The number of amides is 2. The number of para-hydroxylation sites is 1. The second kappa shape index (κ2) is 8.84. The molecule has 10 heteroatoms. The molecular weight excluding hydrogens is 425 g/mol. The summed E-state index contributed by atoms with van der Waals surface area (Å²) in [4.78, 5) is 24.1. The number of aryl methyl sites for hydroxylation is 1. The first-order valence-electron chi connectivity index (χ1n) is 8.95. The van der Waals surface area contributed by atoms with Crippen molar-refractivity contribution >= 4 is 27.5 Å². The maximum Gasteiger partial charge on any atom is 0.273 e. The lowest BCUT2D eigenvalue weighted by Crippen LogP contribution is -2.41. The third-order valence-electron chi connectivity index (χ3n) is 4.28. The van der Waals surface area contributed by atoms with Crippen LogP contribution in [0.3, 0.4) is 0 Å². The van der Waals surface area contributed by atoms with Crippen molar-refractivity contribution in [3.8, 4) is 5.75 Å². The summed E-state index contributed by atoms with van der Waals surface area (Å²) in [6.07, 6.45) is 0. The van der Waals surface area contributed by atoms with Gasteiger partial charge in [0, 0.05) is 11.3 Å². The molecule has 0 unspecified atom stereocenters. The number of benzene rings is 3. The Labute approximate surface area is 177 Å². The highest BCUT2D eigenvalue weighted by Crippen LogP contribution is 2.19. The Kier molecular flexibility index (Phi) is 6.21. The van der Waals surface area contributed by atoms with Crippen LogP contribution in [0.2, 0.25) is 0 Å². The van der Waals surface area contributed by atoms with E-state index in [1.165, 1.54) is 49.4 Å². The van der Waals surface area contributed by atoms with Crippen LogP contribution in [0.4, 0.5) is 10.1 Å². The number of phenols is 1. The van der Waals surface area contributed by atoms with Gasteiger partial charge in [0.25, 0.3) is 21.8 Å². The van der Waals surface area contributed by atoms with E-state index < -0.39 is 27.7 Å². The number of hydrogen-bond donors (Lipinski definition) is 4. The Morgan fingerprint density at radius 2 is 1.55 bits per heavy atom. The van der Waals surface area contributed by atoms with Crippen molar-refractivity contribution in [3.63, 3.8) is 0 Å². The lowest BCUT2D eigenvalue weighted by atomic mass is 10.2. The Hall–Kier alpha value is -3.92. The molecule has 0 saturated heterocycles. The number of anilines is 1. The molecule has 4 N–H and O–H groups in total. The molecule has 0 aromatic heterocycles. The summed E-state index contributed by atoms with van der Waals surface area (Å²) >= 11 is 0. The summed E-state index contributed by atoms with van der Waals surface area (Å²) in [6.45, 7) is 1.46. The molecule has 0 spiro atoms. The molecule has 0 atom stereocenters. The lowest BCUT2D eigenvalue weighted by molar-refractivity contribution is 0.0845. The van der Waals surface area contributed by atoms with E-state index in [1.807, 2.05) is 0 Å². The number of hydrazine groups is 1. The van der Waals surface area contributed by atoms with Crippen LogP contribution in [0, 0.1) is 12.7 Å². The number of carbonyl (C=O) groups excluding carboxylic acids is 2. The van der Waals surface area contributed by atoms with Gasteiger partial charge in [-0.2, -0.15) is 0 Å². The highest BCUT2D eigenvalue weighted by atomic mass is 32.2. The van der Waals surface area contributed by atoms with E-state index in [9.17, 15) is 27.5 Å². The number of aromatic hydroxyl groups is 1. The van der Waals surface area contributed by atoms with E-state index in [1.54, 1.807) is 12.1 Å². The highest BCUT2D eigenvalue weighted by molar-refractivity contribution is 7.92. The van der Waals surface area contributed by atoms with Gasteiger partial charge >= 0.3 is 0 Å². The van der Waals surface area contributed by atoms with Crippen molar-refractivity contribution < 1.29 is 27.5 Å². The van der Waals surface area contributed by atoms with Crippen LogP contribution in [0.5, 0.6) is 5.75 Å². The average molecular weight is 443 g/mol. The van der Waals surface area contributed by atoms with Gasteiger partial charge in [-0.1, -0.05) is 12.1 Å². The first-order valence-corrected chi connectivity index (χ1v) is 10.4. The van der Waals surface area contributed by atoms with Gasteiger partial charge in [0.2, 0.25) is 0 Å². The van der Waals surface area contributed by atoms with Gasteiger partial charge in [-0.3, -0.25) is 25.2 Å². The Morgan fingerprint density at radius 3 is 2.19 bits per heavy atom. The topological polar surface area (TPSA) is 125 Å². The molecule has 0 aliphatic rings. The molecule has 3 aromatic rings. The summed E-state index contributed by atoms with van der Waals surface area (Å²) in [5.41, 5.74) is 4.91. The first-order chi connectivity index (χ1) is 14.7. The Bertz CT molecular complexity index is 1240. The zero-order valence-electron chi connectivity index (χ0n) is 16.2. The molecule has 0 fully saturated rings. The Balaban J connectivity index is 1.64. The van der Waals surface area contributed by atoms with Gasteiger partial charge in [-0.15, -0.1) is 0 Å². The maximum absolute atomic E-state index is 13.4. The van der Waals surface area contributed by atoms with Gasteiger partial charge in [0.05, 0.1) is 10.5 Å². The van der Waals surface area contributed by atoms with Gasteiger partial charge < -0.3 is 5.11 Å². The summed E-state index contributed by atoms with van der Waals surface area (Å²) < 4.78 is 40.6. The number of rotatable bonds is 5. The molecule has 3 rings (SSSR count). The van der Waals surface area contributed by atoms with Crippen molar-refractivity contribution in [2.24, 2.45) is 0 Å². The molecule has 0 aliphatic carbocycles. The molecule has 160 valence electrons. The SMILES string of the molecule is Cc1cc(S(=O)(=O)Nc2ccc(C(=O)NNC(=O)c3ccccc3O)cc2)ccc1F. The summed E-state index contributed by atoms with van der Waals surface area (Å²) in [7, 11) is -3.94. The summed E-state index contributed by atoms with van der Waals surface area (Å²) in [6, 6.07) is 14.7. The van der Waals surface area contributed by atoms with Crippen molar-refractivity contribution in [3.05, 3.63) is 89.2 Å². The predicted octanol–water partition coefficient (Wildman–Crippen LogP) is 2.72. The molecule has 0 heterocycles. The maximum atomic E-state index is 13.4. The van der Waals surface area contributed by atoms with Crippen LogP contribution in [-0.4, -0.2) is 25.3 Å². The van der Waals surface area contributed by atoms with E-state index in [-0.39, 0.29) is 33.0 Å². The van der Waals surface area contributed by atoms with Crippen LogP contribution in [0.1, 0.15) is 26.3 Å². The molecule has 31 heavy (non-hydrogen) atoms. The van der Waals surface area contributed by atoms with Gasteiger partial charge in [0.15, 0.2) is 0 Å². The van der Waals surface area contributed by atoms with Gasteiger partial charge in [-0.05, 0) is 67.1 Å². The smallest absolute Gasteiger partial charge is 0.273 e. The zero-order valence-corrected chi connectivity index (χ0v) is 17.0. The average Bonchev–Trinajstić information content (AvgIpc) is 2.74. The number of phenolic OH excluding ortho intramolecular Hbond substituents is 1. The normalized spacial score (nSPS) is 10.9. The lowest BCUT2D eigenvalue weighted by Gasteiger charge is -2.11. The molecule has 2 amide bonds. The van der Waals surface area contributed by atoms with Crippen molar-refractivity contribution in [2.45, 2.75) is 11.8 Å². The van der Waals surface area contributed by atoms with E-state index in [2.05, 4.69) is 15.6 Å². The molecular formula is C21H18FN3O5S. The number of sulfonamides is 1. The first kappa shape index (κ1) is 21.8. The fourth-order valence-electron chi connectivity index (χ4n) is 2.61. The van der Waals surface area contributed by atoms with E-state index >= 15 is 0 Å². The molecule has 3 aromatic carbocycles. The number of hydrogen-bond acceptors (Lipinski definition) is 5. The van der Waals surface area contributed by atoms with E-state index in [0.29, 0.717) is 0 Å². The monoisotopic (exact) mass is 443 g/mol. The fourth-order valence-corrected chi connectivity index (χ4v) is 3.75. The second-order valence-electron chi connectivity index (χ2n) is 6.52. The van der Waals surface area contributed by atoms with Crippen LogP contribution in [0.25, 0.3) is 0 Å². The molecule has 0 aliphatic heterocycles. The predicted molar refractivity (Wildman–Crippen MR) is 111 cm³/mol. The van der Waals surface area contributed by atoms with Crippen molar-refractivity contribution in [1.82, 2.24) is 10.9 Å². The molecule has 8 nitrogen and oxygen atoms in total. The minimum absolute atomic E-state index is 0.0106. The number of carbonyl (C=O) groups is 2. The minimum atomic E-state index is -3.94. The second-order valence-corrected chi connectivity index (χ2v) is 8.20. The molecule has 0 saturated carbocycles. The number of nitrogens with one attached hydrogen (secondary N) is 3. The minimum Gasteiger partial charge on any atom is -0.507 e. The van der Waals surface area contributed by atoms with Gasteiger partial charge in [0.1, 0.15) is 11.6 Å². The largest absolute Gasteiger partial charge is 0.507 e. The van der Waals surface area contributed by atoms with E-state index in [0.717, 1.165) is 12.1 Å². The van der Waals surface area contributed by atoms with Gasteiger partial charge in [-0.25, -0.2) is 12.8 Å². The van der Waals surface area contributed by atoms with Crippen molar-refractivity contribution in [2.75, 3.05) is 4.72 Å². The van der Waals surface area contributed by atoms with Crippen LogP contribution in [0.15, 0.2) is 71.6 Å². The summed E-state index contributed by atoms with van der Waals surface area (Å²) in [5.74, 6) is -2.09. The Morgan fingerprint density at radius 1 is 0.903 bits per heavy atom. The summed E-state index contributed by atoms with van der Waals surface area (Å²) in [5, 5.41) is 9.65. The standard InChI is InChI=1S/C21H18FN3O5S/c1-13-12-16(10-11-18(13)22)31(29,30)25-15-8-6-14(7-9-15)20(27)23-24-21(28)17-4-2-3-5-19(17)26/h2-12,25-26H,1H3,(H,23,27)(H,24,28). The fraction of sp³-hybridized carbons (Fsp3) is 0.0476. The third-order valence-corrected chi connectivity index (χ3v) is 5.66. The van der Waals surface area contributed by atoms with Crippen molar-refractivity contribution in [1.29, 1.82) is 0 Å². The zero-order chi connectivity index (χ0) is 22.6. The quantitative estimate of drug-likeness (QED) is 0.452. The van der Waals surface area contributed by atoms with Crippen LogP contribution >= 0.6 is 0 Å². The van der Waals surface area contributed by atoms with E-state index in [4.69, 9.17) is 0 Å². The van der Waals surface area contributed by atoms with Crippen LogP contribution < -0.4 is 15.6 Å². The highest BCUT2D eigenvalue weighted by Gasteiger charge is 2.16. The third kappa shape index (κ3) is 5.17. The van der Waals surface area contributed by atoms with Crippen LogP contribution in [-0.2, 0) is 10.0 Å².